The van der Waals surface area contributed by atoms with Gasteiger partial charge in [-0.1, -0.05) is 5.16 Å². The van der Waals surface area contributed by atoms with E-state index in [1.54, 1.807) is 29.7 Å². The van der Waals surface area contributed by atoms with Gasteiger partial charge in [0.2, 0.25) is 17.6 Å². The second-order valence-corrected chi connectivity index (χ2v) is 7.10. The minimum atomic E-state index is -0.0247. The lowest BCUT2D eigenvalue weighted by molar-refractivity contribution is -0.121. The average molecular weight is 371 g/mol. The molecule has 8 nitrogen and oxygen atoms in total. The Balaban J connectivity index is 1.22. The first-order valence-corrected chi connectivity index (χ1v) is 9.06. The fraction of sp³-hybridized carbons (Fsp3) is 0.294. The van der Waals surface area contributed by atoms with Crippen LogP contribution < -0.4 is 5.32 Å². The molecule has 0 aliphatic heterocycles. The molecular formula is C17H17N5O3S. The summed E-state index contributed by atoms with van der Waals surface area (Å²) in [5.41, 5.74) is 0.851. The first-order chi connectivity index (χ1) is 12.7. The summed E-state index contributed by atoms with van der Waals surface area (Å²) in [6.07, 6.45) is 7.08. The van der Waals surface area contributed by atoms with Gasteiger partial charge in [0, 0.05) is 30.1 Å². The minimum absolute atomic E-state index is 0.0247. The van der Waals surface area contributed by atoms with Gasteiger partial charge in [-0.2, -0.15) is 4.98 Å². The van der Waals surface area contributed by atoms with Gasteiger partial charge in [0.15, 0.2) is 10.7 Å². The Hall–Kier alpha value is -2.94. The molecule has 26 heavy (non-hydrogen) atoms. The summed E-state index contributed by atoms with van der Waals surface area (Å²) >= 11 is 1.63. The number of nitrogens with zero attached hydrogens (tertiary/aromatic N) is 4. The largest absolute Gasteiger partial charge is 0.461 e. The number of aromatic nitrogens is 4. The Bertz CT molecular complexity index is 983. The number of thiazole rings is 1. The predicted molar refractivity (Wildman–Crippen MR) is 94.6 cm³/mol. The van der Waals surface area contributed by atoms with E-state index >= 15 is 0 Å². The molecule has 0 saturated heterocycles. The highest BCUT2D eigenvalue weighted by Crippen LogP contribution is 2.17. The molecule has 0 aliphatic carbocycles. The molecule has 0 unspecified atom stereocenters. The summed E-state index contributed by atoms with van der Waals surface area (Å²) in [5, 5.41) is 6.75. The van der Waals surface area contributed by atoms with E-state index in [0.29, 0.717) is 43.3 Å². The van der Waals surface area contributed by atoms with E-state index in [1.807, 2.05) is 23.7 Å². The van der Waals surface area contributed by atoms with Crippen molar-refractivity contribution in [2.45, 2.75) is 32.7 Å². The Morgan fingerprint density at radius 3 is 3.08 bits per heavy atom. The molecule has 1 N–H and O–H groups in total. The fourth-order valence-corrected chi connectivity index (χ4v) is 3.41. The highest BCUT2D eigenvalue weighted by atomic mass is 32.1. The molecule has 0 aliphatic rings. The molecule has 4 rings (SSSR count). The third-order valence-electron chi connectivity index (χ3n) is 3.79. The maximum Gasteiger partial charge on any atom is 0.238 e. The van der Waals surface area contributed by atoms with Gasteiger partial charge >= 0.3 is 0 Å². The van der Waals surface area contributed by atoms with Crippen LogP contribution in [0.25, 0.3) is 16.5 Å². The second kappa shape index (κ2) is 7.12. The average Bonchev–Trinajstić information content (AvgIpc) is 3.36. The molecule has 9 heteroatoms. The highest BCUT2D eigenvalue weighted by molar-refractivity contribution is 7.16. The zero-order valence-electron chi connectivity index (χ0n) is 14.1. The highest BCUT2D eigenvalue weighted by Gasteiger charge is 2.11. The number of aryl methyl sites for hydroxylation is 2. The first kappa shape index (κ1) is 16.5. The van der Waals surface area contributed by atoms with Gasteiger partial charge in [-0.25, -0.2) is 4.98 Å². The molecule has 4 aromatic heterocycles. The van der Waals surface area contributed by atoms with Gasteiger partial charge in [0.05, 0.1) is 18.5 Å². The quantitative estimate of drug-likeness (QED) is 0.536. The first-order valence-electron chi connectivity index (χ1n) is 8.24. The van der Waals surface area contributed by atoms with Crippen molar-refractivity contribution in [1.82, 2.24) is 24.8 Å². The predicted octanol–water partition coefficient (Wildman–Crippen LogP) is 2.99. The summed E-state index contributed by atoms with van der Waals surface area (Å²) in [4.78, 5) is 22.9. The fourth-order valence-electron chi connectivity index (χ4n) is 2.58. The number of hydrogen-bond donors (Lipinski definition) is 1. The van der Waals surface area contributed by atoms with Gasteiger partial charge in [-0.3, -0.25) is 9.20 Å². The lowest BCUT2D eigenvalue weighted by Gasteiger charge is -2.01. The van der Waals surface area contributed by atoms with Crippen LogP contribution in [0.5, 0.6) is 0 Å². The van der Waals surface area contributed by atoms with Gasteiger partial charge < -0.3 is 14.3 Å². The number of amides is 1. The number of hydrogen-bond acceptors (Lipinski definition) is 7. The molecule has 4 aromatic rings. The van der Waals surface area contributed by atoms with Gasteiger partial charge in [0.25, 0.3) is 0 Å². The molecule has 134 valence electrons. The van der Waals surface area contributed by atoms with Crippen molar-refractivity contribution < 1.29 is 13.7 Å². The molecule has 4 heterocycles. The second-order valence-electron chi connectivity index (χ2n) is 5.88. The maximum atomic E-state index is 12.0. The summed E-state index contributed by atoms with van der Waals surface area (Å²) in [7, 11) is 0. The van der Waals surface area contributed by atoms with E-state index in [9.17, 15) is 4.79 Å². The Morgan fingerprint density at radius 1 is 1.35 bits per heavy atom. The monoisotopic (exact) mass is 371 g/mol. The zero-order valence-corrected chi connectivity index (χ0v) is 15.0. The standard InChI is InChI=1S/C17H17N5O3S/c1-11-9-22-10-12(19-17(22)26-11)8-18-14(23)5-2-6-15-20-16(21-25-15)13-4-3-7-24-13/h3-4,7,9-10H,2,5-6,8H2,1H3,(H,18,23). The van der Waals surface area contributed by atoms with Crippen molar-refractivity contribution in [2.75, 3.05) is 0 Å². The zero-order chi connectivity index (χ0) is 17.9. The normalized spacial score (nSPS) is 11.3. The van der Waals surface area contributed by atoms with Crippen molar-refractivity contribution in [1.29, 1.82) is 0 Å². The Labute approximate surface area is 152 Å². The number of imidazole rings is 1. The Morgan fingerprint density at radius 2 is 2.27 bits per heavy atom. The maximum absolute atomic E-state index is 12.0. The van der Waals surface area contributed by atoms with Crippen LogP contribution >= 0.6 is 11.3 Å². The third-order valence-corrected chi connectivity index (χ3v) is 4.70. The number of fused-ring (bicyclic) bond motifs is 1. The molecule has 0 atom stereocenters. The number of rotatable bonds is 7. The summed E-state index contributed by atoms with van der Waals surface area (Å²) < 4.78 is 12.4. The summed E-state index contributed by atoms with van der Waals surface area (Å²) in [6, 6.07) is 3.53. The van der Waals surface area contributed by atoms with Crippen LogP contribution in [0.15, 0.2) is 39.7 Å². The number of furan rings is 1. The number of carbonyl (C=O) groups is 1. The molecule has 0 spiro atoms. The molecule has 0 radical (unpaired) electrons. The number of nitrogens with one attached hydrogen (secondary N) is 1. The molecular weight excluding hydrogens is 354 g/mol. The molecule has 0 aromatic carbocycles. The van der Waals surface area contributed by atoms with Crippen LogP contribution in [-0.4, -0.2) is 25.4 Å². The SMILES string of the molecule is Cc1cn2cc(CNC(=O)CCCc3nc(-c4ccco4)no3)nc2s1. The van der Waals surface area contributed by atoms with Crippen LogP contribution in [-0.2, 0) is 17.8 Å². The topological polar surface area (TPSA) is 98.5 Å². The van der Waals surface area contributed by atoms with Crippen LogP contribution in [0.1, 0.15) is 29.3 Å². The molecule has 0 bridgehead atoms. The third kappa shape index (κ3) is 3.67. The minimum Gasteiger partial charge on any atom is -0.461 e. The van der Waals surface area contributed by atoms with Crippen LogP contribution in [0.2, 0.25) is 0 Å². The van der Waals surface area contributed by atoms with Gasteiger partial charge in [-0.05, 0) is 25.5 Å². The van der Waals surface area contributed by atoms with E-state index in [4.69, 9.17) is 8.94 Å². The van der Waals surface area contributed by atoms with Crippen molar-refractivity contribution >= 4 is 22.2 Å². The lowest BCUT2D eigenvalue weighted by atomic mass is 10.2. The summed E-state index contributed by atoms with van der Waals surface area (Å²) in [5.74, 6) is 1.45. The molecule has 0 fully saturated rings. The van der Waals surface area contributed by atoms with Crippen molar-refractivity contribution in [3.05, 3.63) is 47.3 Å². The van der Waals surface area contributed by atoms with Gasteiger partial charge in [0.1, 0.15) is 0 Å². The van der Waals surface area contributed by atoms with Crippen molar-refractivity contribution in [3.8, 4) is 11.6 Å². The van der Waals surface area contributed by atoms with E-state index < -0.39 is 0 Å². The van der Waals surface area contributed by atoms with E-state index in [0.717, 1.165) is 10.7 Å². The summed E-state index contributed by atoms with van der Waals surface area (Å²) in [6.45, 7) is 2.47. The molecule has 1 amide bonds. The smallest absolute Gasteiger partial charge is 0.238 e. The van der Waals surface area contributed by atoms with E-state index in [1.165, 1.54) is 4.88 Å². The number of carbonyl (C=O) groups excluding carboxylic acids is 1. The van der Waals surface area contributed by atoms with Crippen molar-refractivity contribution in [2.24, 2.45) is 0 Å². The van der Waals surface area contributed by atoms with Crippen LogP contribution in [0, 0.1) is 6.92 Å². The van der Waals surface area contributed by atoms with Gasteiger partial charge in [-0.15, -0.1) is 11.3 Å². The molecule has 0 saturated carbocycles. The van der Waals surface area contributed by atoms with E-state index in [-0.39, 0.29) is 5.91 Å². The van der Waals surface area contributed by atoms with Crippen LogP contribution in [0.3, 0.4) is 0 Å². The van der Waals surface area contributed by atoms with E-state index in [2.05, 4.69) is 20.4 Å². The van der Waals surface area contributed by atoms with Crippen molar-refractivity contribution in [3.63, 3.8) is 0 Å². The lowest BCUT2D eigenvalue weighted by Crippen LogP contribution is -2.22. The Kier molecular flexibility index (Phi) is 4.53. The van der Waals surface area contributed by atoms with Crippen LogP contribution in [0.4, 0.5) is 0 Å².